The van der Waals surface area contributed by atoms with Crippen molar-refractivity contribution in [2.45, 2.75) is 19.9 Å². The normalized spacial score (nSPS) is 21.9. The molecular formula is C11H8N2S2. The summed E-state index contributed by atoms with van der Waals surface area (Å²) in [6.45, 7) is 4.04. The van der Waals surface area contributed by atoms with Crippen molar-refractivity contribution in [3.63, 3.8) is 0 Å². The van der Waals surface area contributed by atoms with E-state index in [1.165, 1.54) is 4.91 Å². The molecule has 0 radical (unpaired) electrons. The second-order valence-corrected chi connectivity index (χ2v) is 5.89. The highest BCUT2D eigenvalue weighted by Crippen LogP contribution is 2.34. The lowest BCUT2D eigenvalue weighted by molar-refractivity contribution is 1.07. The van der Waals surface area contributed by atoms with Crippen LogP contribution in [0, 0.1) is 18.8 Å². The Bertz CT molecular complexity index is 555. The van der Waals surface area contributed by atoms with E-state index in [-0.39, 0.29) is 6.04 Å². The van der Waals surface area contributed by atoms with Crippen molar-refractivity contribution in [3.8, 4) is 11.8 Å². The molecule has 0 amide bonds. The second kappa shape index (κ2) is 3.22. The molecule has 0 saturated carbocycles. The molecule has 1 aliphatic carbocycles. The summed E-state index contributed by atoms with van der Waals surface area (Å²) >= 11 is 3.36. The number of fused-ring (bicyclic) bond motifs is 2. The van der Waals surface area contributed by atoms with E-state index in [2.05, 4.69) is 27.9 Å². The molecule has 1 aliphatic heterocycles. The van der Waals surface area contributed by atoms with Crippen molar-refractivity contribution in [1.82, 2.24) is 4.98 Å². The van der Waals surface area contributed by atoms with Crippen LogP contribution in [0.5, 0.6) is 0 Å². The fourth-order valence-corrected chi connectivity index (χ4v) is 3.26. The van der Waals surface area contributed by atoms with Crippen molar-refractivity contribution in [2.24, 2.45) is 4.99 Å². The van der Waals surface area contributed by atoms with E-state index in [0.29, 0.717) is 0 Å². The van der Waals surface area contributed by atoms with Crippen molar-refractivity contribution in [2.75, 3.05) is 0 Å². The van der Waals surface area contributed by atoms with Gasteiger partial charge in [-0.2, -0.15) is 0 Å². The Labute approximate surface area is 96.5 Å². The summed E-state index contributed by atoms with van der Waals surface area (Å²) < 4.78 is 0. The third-order valence-electron chi connectivity index (χ3n) is 2.21. The van der Waals surface area contributed by atoms with Crippen LogP contribution >= 0.6 is 23.1 Å². The molecule has 4 heteroatoms. The third kappa shape index (κ3) is 1.52. The molecule has 1 aromatic rings. The zero-order valence-corrected chi connectivity index (χ0v) is 10.00. The van der Waals surface area contributed by atoms with Crippen LogP contribution < -0.4 is 0 Å². The quantitative estimate of drug-likeness (QED) is 0.643. The van der Waals surface area contributed by atoms with E-state index in [1.54, 1.807) is 23.1 Å². The van der Waals surface area contributed by atoms with Gasteiger partial charge >= 0.3 is 0 Å². The molecule has 74 valence electrons. The maximum absolute atomic E-state index is 4.47. The topological polar surface area (TPSA) is 25.2 Å². The Morgan fingerprint density at radius 2 is 2.27 bits per heavy atom. The van der Waals surface area contributed by atoms with Gasteiger partial charge in [-0.05, 0) is 19.9 Å². The maximum Gasteiger partial charge on any atom is 0.143 e. The Balaban J connectivity index is 2.14. The van der Waals surface area contributed by atoms with Gasteiger partial charge in [-0.3, -0.25) is 4.99 Å². The zero-order valence-electron chi connectivity index (χ0n) is 8.37. The van der Waals surface area contributed by atoms with Gasteiger partial charge in [0.05, 0.1) is 15.7 Å². The second-order valence-electron chi connectivity index (χ2n) is 3.42. The monoisotopic (exact) mass is 232 g/mol. The first-order valence-corrected chi connectivity index (χ1v) is 6.28. The van der Waals surface area contributed by atoms with E-state index < -0.39 is 0 Å². The number of nitrogens with zero attached hydrogens (tertiary/aromatic N) is 2. The molecule has 1 unspecified atom stereocenters. The third-order valence-corrected chi connectivity index (χ3v) is 4.09. The lowest BCUT2D eigenvalue weighted by atomic mass is 10.3. The Kier molecular flexibility index (Phi) is 1.98. The predicted molar refractivity (Wildman–Crippen MR) is 66.2 cm³/mol. The molecule has 0 saturated heterocycles. The average Bonchev–Trinajstić information content (AvgIpc) is 2.65. The fourth-order valence-electron chi connectivity index (χ4n) is 1.61. The smallest absolute Gasteiger partial charge is 0.143 e. The summed E-state index contributed by atoms with van der Waals surface area (Å²) in [4.78, 5) is 11.2. The number of aryl methyl sites for hydroxylation is 1. The number of hydrogen-bond donors (Lipinski definition) is 0. The maximum atomic E-state index is 4.47. The van der Waals surface area contributed by atoms with Crippen molar-refractivity contribution >= 4 is 34.2 Å². The Hall–Kier alpha value is -1.05. The first-order valence-electron chi connectivity index (χ1n) is 4.65. The highest BCUT2D eigenvalue weighted by Gasteiger charge is 2.22. The molecule has 2 aliphatic rings. The molecule has 3 rings (SSSR count). The molecule has 2 heterocycles. The van der Waals surface area contributed by atoms with Gasteiger partial charge < -0.3 is 0 Å². The van der Waals surface area contributed by atoms with Crippen LogP contribution in [0.4, 0.5) is 0 Å². The van der Waals surface area contributed by atoms with Gasteiger partial charge in [0.25, 0.3) is 0 Å². The van der Waals surface area contributed by atoms with Crippen LogP contribution in [0.25, 0.3) is 6.08 Å². The van der Waals surface area contributed by atoms with Crippen molar-refractivity contribution in [3.05, 3.63) is 20.5 Å². The highest BCUT2D eigenvalue weighted by molar-refractivity contribution is 8.17. The molecule has 0 N–H and O–H groups in total. The molecule has 1 aromatic heterocycles. The van der Waals surface area contributed by atoms with Crippen LogP contribution in [0.2, 0.25) is 0 Å². The Morgan fingerprint density at radius 1 is 1.40 bits per heavy atom. The van der Waals surface area contributed by atoms with Gasteiger partial charge in [0.15, 0.2) is 0 Å². The molecule has 0 bridgehead atoms. The van der Waals surface area contributed by atoms with Crippen molar-refractivity contribution < 1.29 is 0 Å². The molecule has 0 spiro atoms. The van der Waals surface area contributed by atoms with E-state index >= 15 is 0 Å². The summed E-state index contributed by atoms with van der Waals surface area (Å²) in [5.41, 5.74) is 1.01. The lowest BCUT2D eigenvalue weighted by Crippen LogP contribution is -1.95. The van der Waals surface area contributed by atoms with Gasteiger partial charge in [-0.15, -0.1) is 11.3 Å². The first kappa shape index (κ1) is 9.20. The van der Waals surface area contributed by atoms with Crippen molar-refractivity contribution in [1.29, 1.82) is 0 Å². The van der Waals surface area contributed by atoms with E-state index in [9.17, 15) is 0 Å². The van der Waals surface area contributed by atoms with Crippen LogP contribution in [-0.2, 0) is 0 Å². The number of hydrogen-bond acceptors (Lipinski definition) is 4. The minimum atomic E-state index is 0.0525. The number of thiazole rings is 1. The van der Waals surface area contributed by atoms with Crippen LogP contribution in [-0.4, -0.2) is 16.1 Å². The van der Waals surface area contributed by atoms with E-state index in [1.807, 2.05) is 13.8 Å². The zero-order chi connectivity index (χ0) is 10.4. The molecular weight excluding hydrogens is 224 g/mol. The van der Waals surface area contributed by atoms with Gasteiger partial charge in [0, 0.05) is 4.91 Å². The SMILES string of the molecule is CC1=NC2C#Cc3sc(C)nc3C=C2S1. The number of aromatic nitrogens is 1. The number of thioether (sulfide) groups is 1. The summed E-state index contributed by atoms with van der Waals surface area (Å²) in [6.07, 6.45) is 2.11. The van der Waals surface area contributed by atoms with Crippen LogP contribution in [0.1, 0.15) is 22.5 Å². The minimum absolute atomic E-state index is 0.0525. The summed E-state index contributed by atoms with van der Waals surface area (Å²) in [6, 6.07) is 0.0525. The molecule has 1 atom stereocenters. The Morgan fingerprint density at radius 3 is 3.13 bits per heavy atom. The van der Waals surface area contributed by atoms with E-state index in [0.717, 1.165) is 20.6 Å². The number of rotatable bonds is 0. The number of aliphatic imine (C=N–C) groups is 1. The fraction of sp³-hybridized carbons (Fsp3) is 0.273. The summed E-state index contributed by atoms with van der Waals surface area (Å²) in [5.74, 6) is 6.36. The molecule has 0 fully saturated rings. The standard InChI is InChI=1S/C11H8N2S2/c1-6-12-8-3-4-10-9(5-11(8)15-6)13-7(2)14-10/h5,8H,1-2H3. The molecule has 0 aromatic carbocycles. The van der Waals surface area contributed by atoms with Crippen LogP contribution in [0.3, 0.4) is 0 Å². The van der Waals surface area contributed by atoms with Gasteiger partial charge in [-0.25, -0.2) is 4.98 Å². The first-order chi connectivity index (χ1) is 7.22. The van der Waals surface area contributed by atoms with E-state index in [4.69, 9.17) is 0 Å². The molecule has 15 heavy (non-hydrogen) atoms. The van der Waals surface area contributed by atoms with Gasteiger partial charge in [0.2, 0.25) is 0 Å². The summed E-state index contributed by atoms with van der Waals surface area (Å²) in [5, 5.41) is 2.17. The molecule has 2 nitrogen and oxygen atoms in total. The van der Waals surface area contributed by atoms with Crippen LogP contribution in [0.15, 0.2) is 9.90 Å². The summed E-state index contributed by atoms with van der Waals surface area (Å²) in [7, 11) is 0. The minimum Gasteiger partial charge on any atom is -0.261 e. The lowest BCUT2D eigenvalue weighted by Gasteiger charge is -1.97. The largest absolute Gasteiger partial charge is 0.261 e. The highest BCUT2D eigenvalue weighted by atomic mass is 32.2. The average molecular weight is 232 g/mol. The van der Waals surface area contributed by atoms with Gasteiger partial charge in [0.1, 0.15) is 10.9 Å². The van der Waals surface area contributed by atoms with Gasteiger partial charge in [-0.1, -0.05) is 23.6 Å². The predicted octanol–water partition coefficient (Wildman–Crippen LogP) is 2.69.